The molecule has 0 atom stereocenters. The summed E-state index contributed by atoms with van der Waals surface area (Å²) in [7, 11) is 0. The van der Waals surface area contributed by atoms with Crippen molar-refractivity contribution in [2.75, 3.05) is 10.8 Å². The normalized spacial score (nSPS) is 13.5. The quantitative estimate of drug-likeness (QED) is 0.430. The fourth-order valence-electron chi connectivity index (χ4n) is 3.22. The summed E-state index contributed by atoms with van der Waals surface area (Å²) in [6.07, 6.45) is 3.79. The average molecular weight is 395 g/mol. The molecule has 1 aliphatic heterocycles. The first-order valence-corrected chi connectivity index (χ1v) is 9.75. The summed E-state index contributed by atoms with van der Waals surface area (Å²) < 4.78 is 29.0. The van der Waals surface area contributed by atoms with E-state index < -0.39 is 5.92 Å². The lowest BCUT2D eigenvalue weighted by Gasteiger charge is -2.18. The Morgan fingerprint density at radius 1 is 1.07 bits per heavy atom. The first-order chi connectivity index (χ1) is 13.4. The van der Waals surface area contributed by atoms with Gasteiger partial charge < -0.3 is 9.71 Å². The summed E-state index contributed by atoms with van der Waals surface area (Å²) in [4.78, 5) is 5.05. The van der Waals surface area contributed by atoms with Crippen LogP contribution in [0.5, 0.6) is 0 Å². The Balaban J connectivity index is 1.53. The van der Waals surface area contributed by atoms with Gasteiger partial charge in [-0.1, -0.05) is 24.3 Å². The number of hydrogen-bond donors (Lipinski definition) is 1. The van der Waals surface area contributed by atoms with Crippen LogP contribution in [-0.2, 0) is 12.3 Å². The van der Waals surface area contributed by atoms with Gasteiger partial charge in [-0.25, -0.2) is 0 Å². The Labute approximate surface area is 167 Å². The molecule has 28 heavy (non-hydrogen) atoms. The van der Waals surface area contributed by atoms with E-state index in [2.05, 4.69) is 21.4 Å². The first-order valence-electron chi connectivity index (χ1n) is 8.98. The van der Waals surface area contributed by atoms with Gasteiger partial charge in [-0.2, -0.15) is 8.78 Å². The maximum absolute atomic E-state index is 13.4. The van der Waals surface area contributed by atoms with Crippen LogP contribution in [0.4, 0.5) is 14.5 Å². The summed E-state index contributed by atoms with van der Waals surface area (Å²) in [5.74, 6) is -2.93. The lowest BCUT2D eigenvalue weighted by atomic mass is 10.0. The van der Waals surface area contributed by atoms with Crippen LogP contribution in [0, 0.1) is 5.41 Å². The highest BCUT2D eigenvalue weighted by molar-refractivity contribution is 8.00. The van der Waals surface area contributed by atoms with E-state index in [1.165, 1.54) is 29.7 Å². The Morgan fingerprint density at radius 3 is 2.46 bits per heavy atom. The van der Waals surface area contributed by atoms with Gasteiger partial charge in [0.05, 0.1) is 5.69 Å². The van der Waals surface area contributed by atoms with Crippen LogP contribution in [0.2, 0.25) is 0 Å². The summed E-state index contributed by atoms with van der Waals surface area (Å²) in [6, 6.07) is 17.2. The van der Waals surface area contributed by atoms with Crippen LogP contribution in [0.1, 0.15) is 23.7 Å². The third-order valence-electron chi connectivity index (χ3n) is 4.74. The van der Waals surface area contributed by atoms with Crippen molar-refractivity contribution in [3.05, 3.63) is 77.6 Å². The minimum Gasteiger partial charge on any atom is -0.312 e. The van der Waals surface area contributed by atoms with Crippen molar-refractivity contribution in [1.29, 1.82) is 5.41 Å². The number of anilines is 1. The molecule has 1 aromatic heterocycles. The van der Waals surface area contributed by atoms with Crippen LogP contribution in [0.25, 0.3) is 11.1 Å². The molecule has 142 valence electrons. The number of hydrogen-bond acceptors (Lipinski definition) is 4. The maximum atomic E-state index is 13.4. The van der Waals surface area contributed by atoms with Gasteiger partial charge in [-0.15, -0.1) is 0 Å². The van der Waals surface area contributed by atoms with Gasteiger partial charge in [0.15, 0.2) is 0 Å². The molecule has 4 rings (SSSR count). The minimum absolute atomic E-state index is 0.214. The second-order valence-electron chi connectivity index (χ2n) is 6.82. The predicted octanol–water partition coefficient (Wildman–Crippen LogP) is 5.93. The van der Waals surface area contributed by atoms with Gasteiger partial charge in [0, 0.05) is 36.3 Å². The van der Waals surface area contributed by atoms with Gasteiger partial charge >= 0.3 is 0 Å². The Hall–Kier alpha value is -2.73. The van der Waals surface area contributed by atoms with Crippen LogP contribution in [-0.4, -0.2) is 17.7 Å². The van der Waals surface area contributed by atoms with Crippen molar-refractivity contribution >= 4 is 23.8 Å². The highest BCUT2D eigenvalue weighted by Gasteiger charge is 2.26. The van der Waals surface area contributed by atoms with E-state index in [0.29, 0.717) is 0 Å². The number of fused-ring (bicyclic) bond motifs is 1. The standard InChI is InChI=1S/C22H19F2N3S/c1-22(23,24)21-9-5-18(14-26-21)16-4-8-20-17(12-16)10-11-27(20)28-19-6-2-15(13-25)3-7-19/h2-9,12-14,25H,10-11H2,1H3. The molecule has 0 fully saturated rings. The summed E-state index contributed by atoms with van der Waals surface area (Å²) in [6.45, 7) is 1.77. The topological polar surface area (TPSA) is 40.0 Å². The lowest BCUT2D eigenvalue weighted by Crippen LogP contribution is -2.09. The van der Waals surface area contributed by atoms with E-state index >= 15 is 0 Å². The number of aromatic nitrogens is 1. The van der Waals surface area contributed by atoms with Crippen molar-refractivity contribution in [2.45, 2.75) is 24.2 Å². The molecule has 0 aliphatic carbocycles. The van der Waals surface area contributed by atoms with Crippen molar-refractivity contribution in [1.82, 2.24) is 4.98 Å². The van der Waals surface area contributed by atoms with Gasteiger partial charge in [0.25, 0.3) is 5.92 Å². The average Bonchev–Trinajstić information content (AvgIpc) is 3.10. The molecule has 0 spiro atoms. The fourth-order valence-corrected chi connectivity index (χ4v) is 4.19. The zero-order valence-electron chi connectivity index (χ0n) is 15.3. The summed E-state index contributed by atoms with van der Waals surface area (Å²) in [5.41, 5.74) is 4.91. The molecule has 0 saturated carbocycles. The van der Waals surface area contributed by atoms with Crippen molar-refractivity contribution in [3.8, 4) is 11.1 Å². The second-order valence-corrected chi connectivity index (χ2v) is 7.92. The van der Waals surface area contributed by atoms with Crippen molar-refractivity contribution < 1.29 is 8.78 Å². The van der Waals surface area contributed by atoms with Crippen molar-refractivity contribution in [3.63, 3.8) is 0 Å². The molecule has 0 radical (unpaired) electrons. The molecule has 0 bridgehead atoms. The van der Waals surface area contributed by atoms with Crippen LogP contribution in [0.3, 0.4) is 0 Å². The SMILES string of the molecule is CC(F)(F)c1ccc(-c2ccc3c(c2)CCN3Sc2ccc(C=N)cc2)cn1. The monoisotopic (exact) mass is 395 g/mol. The fraction of sp³-hybridized carbons (Fsp3) is 0.182. The Morgan fingerprint density at radius 2 is 1.82 bits per heavy atom. The van der Waals surface area contributed by atoms with E-state index in [-0.39, 0.29) is 5.69 Å². The molecular weight excluding hydrogens is 376 g/mol. The van der Waals surface area contributed by atoms with E-state index in [4.69, 9.17) is 5.41 Å². The molecule has 2 heterocycles. The molecular formula is C22H19F2N3S. The second kappa shape index (κ2) is 7.36. The Kier molecular flexibility index (Phi) is 4.89. The summed E-state index contributed by atoms with van der Waals surface area (Å²) in [5, 5.41) is 7.28. The van der Waals surface area contributed by atoms with Gasteiger partial charge in [0.1, 0.15) is 5.69 Å². The van der Waals surface area contributed by atoms with Crippen molar-refractivity contribution in [2.24, 2.45) is 0 Å². The number of nitrogens with one attached hydrogen (secondary N) is 1. The van der Waals surface area contributed by atoms with E-state index in [0.717, 1.165) is 41.5 Å². The maximum Gasteiger partial charge on any atom is 0.286 e. The molecule has 1 aliphatic rings. The zero-order chi connectivity index (χ0) is 19.7. The highest BCUT2D eigenvalue weighted by atomic mass is 32.2. The van der Waals surface area contributed by atoms with Gasteiger partial charge in [0.2, 0.25) is 0 Å². The number of pyridine rings is 1. The minimum atomic E-state index is -2.93. The molecule has 3 nitrogen and oxygen atoms in total. The number of nitrogens with zero attached hydrogens (tertiary/aromatic N) is 2. The number of halogens is 2. The highest BCUT2D eigenvalue weighted by Crippen LogP contribution is 2.38. The number of alkyl halides is 2. The van der Waals surface area contributed by atoms with Gasteiger partial charge in [-0.05, 0) is 65.4 Å². The predicted molar refractivity (Wildman–Crippen MR) is 110 cm³/mol. The molecule has 6 heteroatoms. The molecule has 0 amide bonds. The largest absolute Gasteiger partial charge is 0.312 e. The van der Waals surface area contributed by atoms with Crippen LogP contribution in [0.15, 0.2) is 65.7 Å². The van der Waals surface area contributed by atoms with E-state index in [1.807, 2.05) is 30.3 Å². The lowest BCUT2D eigenvalue weighted by molar-refractivity contribution is 0.0128. The molecule has 0 unspecified atom stereocenters. The first kappa shape index (κ1) is 18.6. The Bertz CT molecular complexity index is 996. The molecule has 1 N–H and O–H groups in total. The van der Waals surface area contributed by atoms with Crippen LogP contribution >= 0.6 is 11.9 Å². The molecule has 3 aromatic rings. The van der Waals surface area contributed by atoms with E-state index in [9.17, 15) is 8.78 Å². The molecule has 2 aromatic carbocycles. The zero-order valence-corrected chi connectivity index (χ0v) is 16.1. The smallest absolute Gasteiger partial charge is 0.286 e. The number of benzene rings is 2. The summed E-state index contributed by atoms with van der Waals surface area (Å²) >= 11 is 1.68. The van der Waals surface area contributed by atoms with Crippen LogP contribution < -0.4 is 4.31 Å². The third-order valence-corrected chi connectivity index (χ3v) is 5.82. The third kappa shape index (κ3) is 3.78. The molecule has 0 saturated heterocycles. The number of rotatable bonds is 5. The van der Waals surface area contributed by atoms with Gasteiger partial charge in [-0.3, -0.25) is 4.98 Å². The van der Waals surface area contributed by atoms with E-state index in [1.54, 1.807) is 18.0 Å².